The van der Waals surface area contributed by atoms with Crippen LogP contribution in [0.2, 0.25) is 0 Å². The molecule has 0 aromatic heterocycles. The van der Waals surface area contributed by atoms with Crippen molar-refractivity contribution in [3.05, 3.63) is 24.3 Å². The van der Waals surface area contributed by atoms with Crippen molar-refractivity contribution in [3.63, 3.8) is 0 Å². The van der Waals surface area contributed by atoms with Crippen LogP contribution in [-0.2, 0) is 9.59 Å². The van der Waals surface area contributed by atoms with Crippen LogP contribution in [0.1, 0.15) is 25.7 Å². The van der Waals surface area contributed by atoms with Crippen LogP contribution in [0.3, 0.4) is 0 Å². The van der Waals surface area contributed by atoms with Crippen LogP contribution in [0.15, 0.2) is 24.3 Å². The van der Waals surface area contributed by atoms with E-state index in [-0.39, 0.29) is 11.4 Å². The highest BCUT2D eigenvalue weighted by atomic mass is 19.3. The zero-order chi connectivity index (χ0) is 16.1. The van der Waals surface area contributed by atoms with Crippen LogP contribution in [0.5, 0.6) is 5.75 Å². The summed E-state index contributed by atoms with van der Waals surface area (Å²) in [5.41, 5.74) is 0.0930. The Morgan fingerprint density at radius 3 is 2.45 bits per heavy atom. The monoisotopic (exact) mass is 312 g/mol. The molecule has 7 heteroatoms. The van der Waals surface area contributed by atoms with Gasteiger partial charge in [0.25, 0.3) is 0 Å². The van der Waals surface area contributed by atoms with E-state index in [4.69, 9.17) is 0 Å². The first kappa shape index (κ1) is 16.2. The fourth-order valence-corrected chi connectivity index (χ4v) is 2.72. The number of rotatable bonds is 5. The molecule has 1 amide bonds. The lowest BCUT2D eigenvalue weighted by Gasteiger charge is -2.31. The third kappa shape index (κ3) is 3.93. The van der Waals surface area contributed by atoms with Gasteiger partial charge in [0.15, 0.2) is 0 Å². The van der Waals surface area contributed by atoms with Gasteiger partial charge in [0.2, 0.25) is 5.91 Å². The molecule has 1 aliphatic rings. The molecule has 2 rings (SSSR count). The summed E-state index contributed by atoms with van der Waals surface area (Å²) in [5, 5.41) is 13.6. The first-order chi connectivity index (χ1) is 10.5. The third-order valence-corrected chi connectivity index (χ3v) is 3.77. The minimum Gasteiger partial charge on any atom is -0.550 e. The number of ether oxygens (including phenoxy) is 1. The Bertz CT molecular complexity index is 550. The van der Waals surface area contributed by atoms with E-state index >= 15 is 0 Å². The number of carboxylic acids is 1. The van der Waals surface area contributed by atoms with Crippen molar-refractivity contribution >= 4 is 17.6 Å². The first-order valence-corrected chi connectivity index (χ1v) is 7.04. The van der Waals surface area contributed by atoms with Gasteiger partial charge in [0.1, 0.15) is 5.75 Å². The third-order valence-electron chi connectivity index (χ3n) is 3.77. The van der Waals surface area contributed by atoms with Gasteiger partial charge in [-0.25, -0.2) is 0 Å². The molecule has 5 nitrogen and oxygen atoms in total. The smallest absolute Gasteiger partial charge is 0.387 e. The van der Waals surface area contributed by atoms with Crippen molar-refractivity contribution < 1.29 is 28.2 Å². The molecule has 0 unspecified atom stereocenters. The second-order valence-electron chi connectivity index (χ2n) is 5.18. The number of para-hydroxylation sites is 2. The summed E-state index contributed by atoms with van der Waals surface area (Å²) in [7, 11) is 0. The number of halogens is 2. The van der Waals surface area contributed by atoms with Crippen molar-refractivity contribution in [2.24, 2.45) is 11.8 Å². The summed E-state index contributed by atoms with van der Waals surface area (Å²) in [5.74, 6) is -3.50. The molecule has 0 heterocycles. The van der Waals surface area contributed by atoms with E-state index in [2.05, 4.69) is 10.1 Å². The van der Waals surface area contributed by atoms with Gasteiger partial charge in [-0.2, -0.15) is 8.78 Å². The summed E-state index contributed by atoms with van der Waals surface area (Å²) < 4.78 is 29.0. The van der Waals surface area contributed by atoms with Crippen LogP contribution >= 0.6 is 0 Å². The number of hydrogen-bond acceptors (Lipinski definition) is 4. The van der Waals surface area contributed by atoms with Gasteiger partial charge in [-0.15, -0.1) is 0 Å². The molecule has 1 aromatic rings. The molecule has 120 valence electrons. The number of aliphatic carboxylic acids is 1. The fraction of sp³-hybridized carbons (Fsp3) is 0.467. The lowest BCUT2D eigenvalue weighted by molar-refractivity contribution is -0.313. The van der Waals surface area contributed by atoms with Gasteiger partial charge in [-0.1, -0.05) is 25.0 Å². The maximum atomic E-state index is 12.3. The van der Waals surface area contributed by atoms with Gasteiger partial charge < -0.3 is 20.0 Å². The van der Waals surface area contributed by atoms with Gasteiger partial charge in [-0.3, -0.25) is 4.79 Å². The predicted molar refractivity (Wildman–Crippen MR) is 72.2 cm³/mol. The molecule has 1 aromatic carbocycles. The molecule has 0 spiro atoms. The van der Waals surface area contributed by atoms with E-state index in [0.29, 0.717) is 12.8 Å². The SMILES string of the molecule is O=C(Nc1ccccc1OC(F)F)[C@H]1CCCC[C@H]1C(=O)[O-]. The summed E-state index contributed by atoms with van der Waals surface area (Å²) in [6, 6.07) is 5.79. The topological polar surface area (TPSA) is 78.5 Å². The predicted octanol–water partition coefficient (Wildman–Crippen LogP) is 1.78. The Balaban J connectivity index is 2.12. The maximum Gasteiger partial charge on any atom is 0.387 e. The van der Waals surface area contributed by atoms with Gasteiger partial charge in [0, 0.05) is 17.8 Å². The number of hydrogen-bond donors (Lipinski definition) is 1. The number of carbonyl (C=O) groups is 2. The molecule has 2 atom stereocenters. The number of alkyl halides is 2. The first-order valence-electron chi connectivity index (χ1n) is 7.04. The Morgan fingerprint density at radius 1 is 1.18 bits per heavy atom. The number of benzene rings is 1. The molecule has 1 N–H and O–H groups in total. The number of nitrogens with one attached hydrogen (secondary N) is 1. The Kier molecular flexibility index (Phi) is 5.30. The molecule has 1 saturated carbocycles. The van der Waals surface area contributed by atoms with E-state index in [1.165, 1.54) is 18.2 Å². The zero-order valence-electron chi connectivity index (χ0n) is 11.8. The van der Waals surface area contributed by atoms with Crippen LogP contribution < -0.4 is 15.2 Å². The van der Waals surface area contributed by atoms with Crippen molar-refractivity contribution in [2.75, 3.05) is 5.32 Å². The second-order valence-corrected chi connectivity index (χ2v) is 5.18. The average molecular weight is 312 g/mol. The minimum absolute atomic E-state index is 0.0930. The van der Waals surface area contributed by atoms with Gasteiger partial charge >= 0.3 is 6.61 Å². The molecule has 1 aliphatic carbocycles. The minimum atomic E-state index is -3.01. The molecule has 1 fully saturated rings. The average Bonchev–Trinajstić information content (AvgIpc) is 2.48. The van der Waals surface area contributed by atoms with Crippen molar-refractivity contribution in [1.82, 2.24) is 0 Å². The Labute approximate surface area is 126 Å². The Hall–Kier alpha value is -2.18. The Morgan fingerprint density at radius 2 is 1.82 bits per heavy atom. The van der Waals surface area contributed by atoms with Crippen LogP contribution in [0.4, 0.5) is 14.5 Å². The van der Waals surface area contributed by atoms with E-state index < -0.39 is 30.3 Å². The van der Waals surface area contributed by atoms with Gasteiger partial charge in [0.05, 0.1) is 5.69 Å². The van der Waals surface area contributed by atoms with Crippen molar-refractivity contribution in [1.29, 1.82) is 0 Å². The highest BCUT2D eigenvalue weighted by Crippen LogP contribution is 2.32. The quantitative estimate of drug-likeness (QED) is 0.899. The lowest BCUT2D eigenvalue weighted by Crippen LogP contribution is -2.42. The van der Waals surface area contributed by atoms with Crippen LogP contribution in [0, 0.1) is 11.8 Å². The molecular weight excluding hydrogens is 296 g/mol. The summed E-state index contributed by atoms with van der Waals surface area (Å²) in [6.45, 7) is -3.01. The van der Waals surface area contributed by atoms with Crippen LogP contribution in [-0.4, -0.2) is 18.5 Å². The highest BCUT2D eigenvalue weighted by molar-refractivity contribution is 5.96. The molecule has 0 aliphatic heterocycles. The van der Waals surface area contributed by atoms with E-state index in [1.54, 1.807) is 6.07 Å². The van der Waals surface area contributed by atoms with E-state index in [0.717, 1.165) is 12.8 Å². The van der Waals surface area contributed by atoms with Crippen LogP contribution in [0.25, 0.3) is 0 Å². The largest absolute Gasteiger partial charge is 0.550 e. The number of carboxylic acid groups (broad SMARTS) is 1. The van der Waals surface area contributed by atoms with E-state index in [1.807, 2.05) is 0 Å². The lowest BCUT2D eigenvalue weighted by atomic mass is 9.78. The molecule has 0 bridgehead atoms. The standard InChI is InChI=1S/C15H17F2NO4/c16-15(17)22-12-8-4-3-7-11(12)18-13(19)9-5-1-2-6-10(9)14(20)21/h3-4,7-10,15H,1-2,5-6H2,(H,18,19)(H,20,21)/p-1/t9-,10+/m0/s1. The molecular formula is C15H16F2NO4-. The normalized spacial score (nSPS) is 21.4. The van der Waals surface area contributed by atoms with Crippen molar-refractivity contribution in [2.45, 2.75) is 32.3 Å². The molecule has 22 heavy (non-hydrogen) atoms. The van der Waals surface area contributed by atoms with Gasteiger partial charge in [-0.05, 0) is 25.0 Å². The number of amides is 1. The summed E-state index contributed by atoms with van der Waals surface area (Å²) >= 11 is 0. The highest BCUT2D eigenvalue weighted by Gasteiger charge is 2.32. The second kappa shape index (κ2) is 7.20. The maximum absolute atomic E-state index is 12.3. The number of anilines is 1. The molecule has 0 saturated heterocycles. The van der Waals surface area contributed by atoms with E-state index in [9.17, 15) is 23.5 Å². The molecule has 0 radical (unpaired) electrons. The zero-order valence-corrected chi connectivity index (χ0v) is 11.8. The fourth-order valence-electron chi connectivity index (χ4n) is 2.72. The van der Waals surface area contributed by atoms with Crippen molar-refractivity contribution in [3.8, 4) is 5.75 Å². The summed E-state index contributed by atoms with van der Waals surface area (Å²) in [6.07, 6.45) is 2.29. The summed E-state index contributed by atoms with van der Waals surface area (Å²) in [4.78, 5) is 23.4. The number of carbonyl (C=O) groups excluding carboxylic acids is 2.